The van der Waals surface area contributed by atoms with Gasteiger partial charge < -0.3 is 15.1 Å². The Labute approximate surface area is 140 Å². The summed E-state index contributed by atoms with van der Waals surface area (Å²) in [6, 6.07) is 5.98. The number of fused-ring (bicyclic) bond motifs is 4. The molecule has 5 nitrogen and oxygen atoms in total. The Kier molecular flexibility index (Phi) is 3.90. The lowest BCUT2D eigenvalue weighted by Crippen LogP contribution is -2.61. The molecule has 3 heterocycles. The summed E-state index contributed by atoms with van der Waals surface area (Å²) in [5.41, 5.74) is 0.603. The number of hydrogen-bond acceptors (Lipinski definition) is 2. The Bertz CT molecular complexity index is 648. The van der Waals surface area contributed by atoms with Crippen LogP contribution in [-0.4, -0.2) is 47.4 Å². The fraction of sp³-hybridized carbons (Fsp3) is 0.556. The lowest BCUT2D eigenvalue weighted by atomic mass is 9.76. The van der Waals surface area contributed by atoms with Crippen LogP contribution in [-0.2, 0) is 4.79 Å². The highest BCUT2D eigenvalue weighted by Gasteiger charge is 2.44. The van der Waals surface area contributed by atoms with Crippen molar-refractivity contribution in [3.05, 3.63) is 30.1 Å². The van der Waals surface area contributed by atoms with Crippen LogP contribution < -0.4 is 5.32 Å². The highest BCUT2D eigenvalue weighted by Crippen LogP contribution is 2.38. The summed E-state index contributed by atoms with van der Waals surface area (Å²) in [5.74, 6) is 0.703. The van der Waals surface area contributed by atoms with Gasteiger partial charge in [0.15, 0.2) is 0 Å². The molecule has 0 saturated carbocycles. The SMILES string of the molecule is O=C(Nc1ccc(F)cc1)N1CC2CC(C1)[C@H]1CCCC(=O)N1C2. The first kappa shape index (κ1) is 15.4. The highest BCUT2D eigenvalue weighted by molar-refractivity contribution is 5.89. The molecule has 3 aliphatic rings. The van der Waals surface area contributed by atoms with Gasteiger partial charge >= 0.3 is 6.03 Å². The molecule has 0 radical (unpaired) electrons. The van der Waals surface area contributed by atoms with Gasteiger partial charge in [-0.2, -0.15) is 0 Å². The van der Waals surface area contributed by atoms with Crippen LogP contribution in [0, 0.1) is 17.7 Å². The zero-order valence-electron chi connectivity index (χ0n) is 13.6. The van der Waals surface area contributed by atoms with Crippen molar-refractivity contribution in [2.45, 2.75) is 31.7 Å². The van der Waals surface area contributed by atoms with E-state index in [1.807, 2.05) is 4.90 Å². The van der Waals surface area contributed by atoms with Crippen molar-refractivity contribution in [2.75, 3.05) is 25.0 Å². The Hall–Kier alpha value is -2.11. The summed E-state index contributed by atoms with van der Waals surface area (Å²) < 4.78 is 13.0. The molecule has 0 aliphatic carbocycles. The molecule has 3 atom stereocenters. The predicted molar refractivity (Wildman–Crippen MR) is 87.9 cm³/mol. The standard InChI is InChI=1S/C18H22FN3O2/c19-14-4-6-15(7-5-14)20-18(24)21-9-12-8-13(11-21)16-2-1-3-17(23)22(16)10-12/h4-7,12-13,16H,1-3,8-11H2,(H,20,24)/t12?,13?,16-/m1/s1. The zero-order valence-corrected chi connectivity index (χ0v) is 13.6. The van der Waals surface area contributed by atoms with Gasteiger partial charge in [-0.25, -0.2) is 9.18 Å². The van der Waals surface area contributed by atoms with E-state index in [0.717, 1.165) is 25.8 Å². The third kappa shape index (κ3) is 2.85. The van der Waals surface area contributed by atoms with Crippen LogP contribution in [0.3, 0.4) is 0 Å². The maximum atomic E-state index is 13.0. The van der Waals surface area contributed by atoms with Gasteiger partial charge in [0.05, 0.1) is 0 Å². The molecular weight excluding hydrogens is 309 g/mol. The van der Waals surface area contributed by atoms with Crippen molar-refractivity contribution < 1.29 is 14.0 Å². The number of amides is 3. The number of rotatable bonds is 1. The van der Waals surface area contributed by atoms with Crippen molar-refractivity contribution in [2.24, 2.45) is 11.8 Å². The number of benzene rings is 1. The zero-order chi connectivity index (χ0) is 16.7. The molecule has 3 saturated heterocycles. The molecule has 1 N–H and O–H groups in total. The van der Waals surface area contributed by atoms with E-state index in [1.165, 1.54) is 12.1 Å². The van der Waals surface area contributed by atoms with Crippen LogP contribution in [0.5, 0.6) is 0 Å². The van der Waals surface area contributed by atoms with Crippen LogP contribution in [0.25, 0.3) is 0 Å². The maximum Gasteiger partial charge on any atom is 0.321 e. The Balaban J connectivity index is 1.44. The Morgan fingerprint density at radius 1 is 1.17 bits per heavy atom. The molecule has 3 amide bonds. The van der Waals surface area contributed by atoms with E-state index in [9.17, 15) is 14.0 Å². The lowest BCUT2D eigenvalue weighted by molar-refractivity contribution is -0.144. The van der Waals surface area contributed by atoms with E-state index in [2.05, 4.69) is 10.2 Å². The molecule has 3 fully saturated rings. The summed E-state index contributed by atoms with van der Waals surface area (Å²) in [6.45, 7) is 2.15. The molecule has 2 unspecified atom stereocenters. The number of halogens is 1. The fourth-order valence-electron chi connectivity index (χ4n) is 4.51. The molecule has 1 aromatic rings. The second-order valence-corrected chi connectivity index (χ2v) is 7.21. The van der Waals surface area contributed by atoms with Gasteiger partial charge in [0.2, 0.25) is 5.91 Å². The third-order valence-corrected chi connectivity index (χ3v) is 5.56. The topological polar surface area (TPSA) is 52.7 Å². The molecule has 6 heteroatoms. The minimum atomic E-state index is -0.317. The lowest BCUT2D eigenvalue weighted by Gasteiger charge is -2.52. The average molecular weight is 331 g/mol. The van der Waals surface area contributed by atoms with E-state index < -0.39 is 0 Å². The van der Waals surface area contributed by atoms with E-state index in [-0.39, 0.29) is 17.8 Å². The quantitative estimate of drug-likeness (QED) is 0.860. The molecule has 4 rings (SSSR count). The second kappa shape index (κ2) is 6.07. The summed E-state index contributed by atoms with van der Waals surface area (Å²) >= 11 is 0. The first-order valence-corrected chi connectivity index (χ1v) is 8.71. The first-order valence-electron chi connectivity index (χ1n) is 8.71. The number of carbonyl (C=O) groups is 2. The average Bonchev–Trinajstić information content (AvgIpc) is 2.58. The number of urea groups is 1. The summed E-state index contributed by atoms with van der Waals surface area (Å²) in [7, 11) is 0. The molecular formula is C18H22FN3O2. The predicted octanol–water partition coefficient (Wildman–Crippen LogP) is 2.69. The summed E-state index contributed by atoms with van der Waals surface area (Å²) in [4.78, 5) is 28.6. The number of nitrogens with zero attached hydrogens (tertiary/aromatic N) is 2. The first-order chi connectivity index (χ1) is 11.6. The molecule has 0 spiro atoms. The molecule has 2 bridgehead atoms. The number of carbonyl (C=O) groups excluding carboxylic acids is 2. The van der Waals surface area contributed by atoms with E-state index in [4.69, 9.17) is 0 Å². The van der Waals surface area contributed by atoms with Crippen LogP contribution in [0.2, 0.25) is 0 Å². The van der Waals surface area contributed by atoms with E-state index in [0.29, 0.717) is 43.1 Å². The number of hydrogen-bond donors (Lipinski definition) is 1. The Morgan fingerprint density at radius 3 is 2.75 bits per heavy atom. The highest BCUT2D eigenvalue weighted by atomic mass is 19.1. The van der Waals surface area contributed by atoms with Crippen LogP contribution in [0.15, 0.2) is 24.3 Å². The minimum Gasteiger partial charge on any atom is -0.339 e. The van der Waals surface area contributed by atoms with Crippen molar-refractivity contribution in [3.8, 4) is 0 Å². The fourth-order valence-corrected chi connectivity index (χ4v) is 4.51. The molecule has 3 aliphatic heterocycles. The van der Waals surface area contributed by atoms with Gasteiger partial charge in [0.1, 0.15) is 5.82 Å². The van der Waals surface area contributed by atoms with Gasteiger partial charge in [0, 0.05) is 37.8 Å². The number of piperidine rings is 3. The molecule has 128 valence electrons. The van der Waals surface area contributed by atoms with Gasteiger partial charge in [-0.15, -0.1) is 0 Å². The van der Waals surface area contributed by atoms with Gasteiger partial charge in [-0.05, 0) is 55.4 Å². The largest absolute Gasteiger partial charge is 0.339 e. The molecule has 1 aromatic carbocycles. The number of anilines is 1. The van der Waals surface area contributed by atoms with Crippen molar-refractivity contribution >= 4 is 17.6 Å². The third-order valence-electron chi connectivity index (χ3n) is 5.56. The summed E-state index contributed by atoms with van der Waals surface area (Å²) in [5, 5.41) is 2.85. The van der Waals surface area contributed by atoms with Crippen molar-refractivity contribution in [1.29, 1.82) is 0 Å². The van der Waals surface area contributed by atoms with E-state index >= 15 is 0 Å². The minimum absolute atomic E-state index is 0.133. The Morgan fingerprint density at radius 2 is 1.96 bits per heavy atom. The number of likely N-dealkylation sites (tertiary alicyclic amines) is 1. The van der Waals surface area contributed by atoms with Crippen molar-refractivity contribution in [3.63, 3.8) is 0 Å². The van der Waals surface area contributed by atoms with Gasteiger partial charge in [-0.3, -0.25) is 4.79 Å². The monoisotopic (exact) mass is 331 g/mol. The molecule has 24 heavy (non-hydrogen) atoms. The number of nitrogens with one attached hydrogen (secondary N) is 1. The smallest absolute Gasteiger partial charge is 0.321 e. The second-order valence-electron chi connectivity index (χ2n) is 7.21. The van der Waals surface area contributed by atoms with Gasteiger partial charge in [-0.1, -0.05) is 0 Å². The summed E-state index contributed by atoms with van der Waals surface area (Å²) in [6.07, 6.45) is 3.79. The van der Waals surface area contributed by atoms with Gasteiger partial charge in [0.25, 0.3) is 0 Å². The van der Waals surface area contributed by atoms with E-state index in [1.54, 1.807) is 12.1 Å². The van der Waals surface area contributed by atoms with Crippen LogP contribution in [0.4, 0.5) is 14.9 Å². The van der Waals surface area contributed by atoms with Crippen molar-refractivity contribution in [1.82, 2.24) is 9.80 Å². The van der Waals surface area contributed by atoms with Crippen LogP contribution >= 0.6 is 0 Å². The molecule has 0 aromatic heterocycles. The maximum absolute atomic E-state index is 13.0. The normalized spacial score (nSPS) is 29.2. The van der Waals surface area contributed by atoms with Crippen LogP contribution in [0.1, 0.15) is 25.7 Å².